The Hall–Kier alpha value is -4.09. The molecule has 0 bridgehead atoms. The zero-order valence-corrected chi connectivity index (χ0v) is 16.1. The molecule has 12 nitrogen and oxygen atoms in total. The summed E-state index contributed by atoms with van der Waals surface area (Å²) >= 11 is 0. The Morgan fingerprint density at radius 1 is 1.23 bits per heavy atom. The zero-order chi connectivity index (χ0) is 21.3. The van der Waals surface area contributed by atoms with Gasteiger partial charge in [-0.15, -0.1) is 0 Å². The van der Waals surface area contributed by atoms with E-state index in [9.17, 15) is 9.59 Å². The van der Waals surface area contributed by atoms with Crippen LogP contribution in [0.3, 0.4) is 0 Å². The van der Waals surface area contributed by atoms with Gasteiger partial charge in [0.1, 0.15) is 0 Å². The van der Waals surface area contributed by atoms with E-state index in [-0.39, 0.29) is 12.8 Å². The highest BCUT2D eigenvalue weighted by Gasteiger charge is 2.47. The number of hydrogen-bond acceptors (Lipinski definition) is 9. The first-order chi connectivity index (χ1) is 14.4. The molecule has 3 aromatic heterocycles. The van der Waals surface area contributed by atoms with Crippen molar-refractivity contribution >= 4 is 40.2 Å². The third-order valence-corrected chi connectivity index (χ3v) is 4.77. The Balaban J connectivity index is 1.80. The van der Waals surface area contributed by atoms with E-state index in [4.69, 9.17) is 16.3 Å². The topological polar surface area (TPSA) is 176 Å². The third kappa shape index (κ3) is 3.27. The molecule has 4 rings (SSSR count). The molecular formula is C18H19N9O3. The fraction of sp³-hybridized carbons (Fsp3) is 0.278. The Bertz CT molecular complexity index is 1160. The van der Waals surface area contributed by atoms with Crippen LogP contribution in [-0.2, 0) is 21.0 Å². The number of oxime groups is 1. The number of aryl methyl sites for hydroxylation is 1. The number of hydrogen-bond donors (Lipinski definition) is 3. The van der Waals surface area contributed by atoms with Crippen molar-refractivity contribution in [2.24, 2.45) is 16.6 Å². The van der Waals surface area contributed by atoms with Crippen LogP contribution in [0, 0.1) is 0 Å². The van der Waals surface area contributed by atoms with E-state index in [1.54, 1.807) is 35.5 Å². The molecule has 30 heavy (non-hydrogen) atoms. The second-order valence-electron chi connectivity index (χ2n) is 6.75. The molecule has 4 heterocycles. The second-order valence-corrected chi connectivity index (χ2v) is 6.75. The number of carbonyl (C=O) groups is 2. The van der Waals surface area contributed by atoms with Crippen molar-refractivity contribution in [1.82, 2.24) is 24.7 Å². The number of carbonyl (C=O) groups excluding carboxylic acids is 2. The summed E-state index contributed by atoms with van der Waals surface area (Å²) in [6.45, 7) is 2.58. The molecule has 3 aromatic rings. The maximum absolute atomic E-state index is 12.0. The summed E-state index contributed by atoms with van der Waals surface area (Å²) in [7, 11) is 0. The molecule has 1 atom stereocenters. The van der Waals surface area contributed by atoms with Gasteiger partial charge in [0.05, 0.1) is 29.4 Å². The lowest BCUT2D eigenvalue weighted by Gasteiger charge is -2.21. The van der Waals surface area contributed by atoms with E-state index < -0.39 is 17.4 Å². The molecule has 1 aliphatic heterocycles. The molecule has 1 aliphatic rings. The molecule has 0 aliphatic carbocycles. The van der Waals surface area contributed by atoms with Crippen molar-refractivity contribution in [2.75, 3.05) is 5.32 Å². The number of nitrogens with two attached hydrogens (primary N) is 2. The first-order valence-electron chi connectivity index (χ1n) is 9.15. The number of nitrogens with one attached hydrogen (secondary N) is 1. The van der Waals surface area contributed by atoms with Crippen molar-refractivity contribution < 1.29 is 14.4 Å². The molecule has 2 amide bonds. The van der Waals surface area contributed by atoms with Gasteiger partial charge in [0.25, 0.3) is 5.91 Å². The van der Waals surface area contributed by atoms with Crippen LogP contribution in [0.1, 0.15) is 25.3 Å². The van der Waals surface area contributed by atoms with E-state index in [0.29, 0.717) is 40.5 Å². The van der Waals surface area contributed by atoms with Crippen LogP contribution in [0.5, 0.6) is 0 Å². The van der Waals surface area contributed by atoms with E-state index in [1.807, 2.05) is 6.92 Å². The summed E-state index contributed by atoms with van der Waals surface area (Å²) in [5, 5.41) is 12.2. The highest BCUT2D eigenvalue weighted by Crippen LogP contribution is 2.35. The summed E-state index contributed by atoms with van der Waals surface area (Å²) < 4.78 is 1.74. The van der Waals surface area contributed by atoms with Crippen molar-refractivity contribution in [2.45, 2.75) is 31.9 Å². The van der Waals surface area contributed by atoms with Crippen LogP contribution in [0.25, 0.3) is 11.0 Å². The minimum Gasteiger partial charge on any atom is -0.378 e. The summed E-state index contributed by atoms with van der Waals surface area (Å²) in [5.41, 5.74) is 11.3. The smallest absolute Gasteiger partial charge is 0.265 e. The predicted molar refractivity (Wildman–Crippen MR) is 106 cm³/mol. The van der Waals surface area contributed by atoms with Gasteiger partial charge >= 0.3 is 0 Å². The minimum atomic E-state index is -1.63. The first-order valence-corrected chi connectivity index (χ1v) is 9.15. The van der Waals surface area contributed by atoms with Crippen LogP contribution in [0.2, 0.25) is 0 Å². The quantitative estimate of drug-likeness (QED) is 0.496. The number of amides is 2. The van der Waals surface area contributed by atoms with Gasteiger partial charge in [-0.2, -0.15) is 5.10 Å². The van der Waals surface area contributed by atoms with Gasteiger partial charge < -0.3 is 21.6 Å². The number of rotatable bonds is 7. The molecule has 1 unspecified atom stereocenters. The summed E-state index contributed by atoms with van der Waals surface area (Å²) in [6, 6.07) is 1.70. The monoisotopic (exact) mass is 409 g/mol. The van der Waals surface area contributed by atoms with Gasteiger partial charge in [-0.05, 0) is 13.0 Å². The lowest BCUT2D eigenvalue weighted by atomic mass is 9.90. The van der Waals surface area contributed by atoms with Crippen LogP contribution in [0.4, 0.5) is 11.6 Å². The number of primary amides is 2. The Morgan fingerprint density at radius 3 is 2.67 bits per heavy atom. The molecule has 154 valence electrons. The Labute approximate surface area is 170 Å². The van der Waals surface area contributed by atoms with Gasteiger partial charge in [0.2, 0.25) is 17.5 Å². The van der Waals surface area contributed by atoms with Gasteiger partial charge in [-0.1, -0.05) is 5.16 Å². The number of aromatic nitrogens is 5. The van der Waals surface area contributed by atoms with E-state index in [2.05, 4.69) is 30.5 Å². The standard InChI is InChI=1S/C18H19N9O3/c1-2-27-15-11(9-24-27)14(25-17-21-4-3-5-22-17)10(8-23-15)12-6-18(16(20)29,30-26-12)7-13(19)28/h3-5,8-9H,2,6-7H2,1H3,(H2,19,28)(H2,20,29)(H,21,22,23,25). The van der Waals surface area contributed by atoms with Gasteiger partial charge in [0, 0.05) is 37.1 Å². The molecule has 0 fully saturated rings. The maximum atomic E-state index is 12.0. The first kappa shape index (κ1) is 19.2. The zero-order valence-electron chi connectivity index (χ0n) is 16.1. The highest BCUT2D eigenvalue weighted by molar-refractivity contribution is 6.13. The van der Waals surface area contributed by atoms with Crippen LogP contribution < -0.4 is 16.8 Å². The number of fused-ring (bicyclic) bond motifs is 1. The summed E-state index contributed by atoms with van der Waals surface area (Å²) in [6.07, 6.45) is 6.04. The Kier molecular flexibility index (Phi) is 4.74. The van der Waals surface area contributed by atoms with Gasteiger partial charge in [-0.3, -0.25) is 9.59 Å². The van der Waals surface area contributed by atoms with E-state index >= 15 is 0 Å². The molecule has 12 heteroatoms. The van der Waals surface area contributed by atoms with E-state index in [1.165, 1.54) is 0 Å². The van der Waals surface area contributed by atoms with Crippen molar-refractivity contribution in [3.8, 4) is 0 Å². The largest absolute Gasteiger partial charge is 0.378 e. The Morgan fingerprint density at radius 2 is 2.00 bits per heavy atom. The number of nitrogens with zero attached hydrogens (tertiary/aromatic N) is 6. The number of anilines is 2. The molecule has 0 spiro atoms. The van der Waals surface area contributed by atoms with E-state index in [0.717, 1.165) is 0 Å². The van der Waals surface area contributed by atoms with Crippen molar-refractivity contribution in [3.05, 3.63) is 36.4 Å². The molecule has 0 aromatic carbocycles. The molecular weight excluding hydrogens is 390 g/mol. The lowest BCUT2D eigenvalue weighted by Crippen LogP contribution is -2.47. The summed E-state index contributed by atoms with van der Waals surface area (Å²) in [5.74, 6) is -1.19. The van der Waals surface area contributed by atoms with Gasteiger partial charge in [0.15, 0.2) is 5.65 Å². The molecule has 0 saturated heterocycles. The average Bonchev–Trinajstić information content (AvgIpc) is 3.33. The van der Waals surface area contributed by atoms with Crippen LogP contribution in [0.15, 0.2) is 36.0 Å². The lowest BCUT2D eigenvalue weighted by molar-refractivity contribution is -0.145. The summed E-state index contributed by atoms with van der Waals surface area (Å²) in [4.78, 5) is 41.7. The SMILES string of the molecule is CCn1ncc2c(Nc3ncccn3)c(C3=NOC(CC(N)=O)(C(N)=O)C3)cnc21. The van der Waals surface area contributed by atoms with Crippen molar-refractivity contribution in [3.63, 3.8) is 0 Å². The molecule has 5 N–H and O–H groups in total. The fourth-order valence-electron chi connectivity index (χ4n) is 3.30. The van der Waals surface area contributed by atoms with Crippen LogP contribution >= 0.6 is 0 Å². The average molecular weight is 409 g/mol. The maximum Gasteiger partial charge on any atom is 0.265 e. The molecule has 0 radical (unpaired) electrons. The van der Waals surface area contributed by atoms with Crippen molar-refractivity contribution in [1.29, 1.82) is 0 Å². The normalized spacial score (nSPS) is 18.1. The molecule has 0 saturated carbocycles. The number of pyridine rings is 1. The highest BCUT2D eigenvalue weighted by atomic mass is 16.7. The third-order valence-electron chi connectivity index (χ3n) is 4.77. The minimum absolute atomic E-state index is 0.0370. The predicted octanol–water partition coefficient (Wildman–Crippen LogP) is 0.209. The van der Waals surface area contributed by atoms with Crippen LogP contribution in [-0.4, -0.2) is 47.9 Å². The van der Waals surface area contributed by atoms with Gasteiger partial charge in [-0.25, -0.2) is 19.6 Å². The second kappa shape index (κ2) is 7.39. The fourth-order valence-corrected chi connectivity index (χ4v) is 3.30.